The molecule has 0 aliphatic heterocycles. The van der Waals surface area contributed by atoms with Crippen molar-refractivity contribution in [3.63, 3.8) is 0 Å². The molecule has 0 spiro atoms. The van der Waals surface area contributed by atoms with Gasteiger partial charge in [0, 0.05) is 6.42 Å². The molecule has 0 amide bonds. The molecule has 13 heavy (non-hydrogen) atoms. The van der Waals surface area contributed by atoms with Crippen molar-refractivity contribution in [2.75, 3.05) is 7.05 Å². The fourth-order valence-electron chi connectivity index (χ4n) is 1.99. The lowest BCUT2D eigenvalue weighted by molar-refractivity contribution is -0.0497. The van der Waals surface area contributed by atoms with Gasteiger partial charge in [0.05, 0.1) is 6.04 Å². The lowest BCUT2D eigenvalue weighted by atomic mass is 9.96. The Morgan fingerprint density at radius 1 is 1.38 bits per heavy atom. The topological polar surface area (TPSA) is 12.0 Å². The van der Waals surface area contributed by atoms with Crippen molar-refractivity contribution in [2.45, 2.75) is 51.0 Å². The van der Waals surface area contributed by atoms with Gasteiger partial charge in [-0.05, 0) is 19.9 Å². The van der Waals surface area contributed by atoms with E-state index >= 15 is 0 Å². The van der Waals surface area contributed by atoms with Gasteiger partial charge < -0.3 is 5.32 Å². The molecule has 1 aliphatic carbocycles. The van der Waals surface area contributed by atoms with Crippen LogP contribution in [0, 0.1) is 5.92 Å². The van der Waals surface area contributed by atoms with Gasteiger partial charge in [0.15, 0.2) is 0 Å². The lowest BCUT2D eigenvalue weighted by Gasteiger charge is -2.25. The average molecular weight is 191 g/mol. The first kappa shape index (κ1) is 10.9. The standard InChI is InChI=1S/C10H19F2N/c1-8(13-2)10(11,12)7-9-5-3-4-6-9/h8-9,13H,3-7H2,1-2H3. The van der Waals surface area contributed by atoms with Crippen molar-refractivity contribution in [1.29, 1.82) is 0 Å². The van der Waals surface area contributed by atoms with E-state index in [1.54, 1.807) is 14.0 Å². The highest BCUT2D eigenvalue weighted by atomic mass is 19.3. The molecule has 1 unspecified atom stereocenters. The summed E-state index contributed by atoms with van der Waals surface area (Å²) in [5.74, 6) is -2.28. The van der Waals surface area contributed by atoms with Crippen molar-refractivity contribution >= 4 is 0 Å². The molecular formula is C10H19F2N. The van der Waals surface area contributed by atoms with Crippen LogP contribution >= 0.6 is 0 Å². The fraction of sp³-hybridized carbons (Fsp3) is 1.00. The molecule has 1 saturated carbocycles. The molecule has 78 valence electrons. The number of hydrogen-bond donors (Lipinski definition) is 1. The molecule has 1 aliphatic rings. The van der Waals surface area contributed by atoms with Crippen LogP contribution in [0.5, 0.6) is 0 Å². The minimum Gasteiger partial charge on any atom is -0.312 e. The predicted molar refractivity (Wildman–Crippen MR) is 50.0 cm³/mol. The molecule has 0 aromatic rings. The Hall–Kier alpha value is -0.180. The summed E-state index contributed by atoms with van der Waals surface area (Å²) in [7, 11) is 1.59. The Labute approximate surface area is 78.9 Å². The molecule has 1 nitrogen and oxygen atoms in total. The number of alkyl halides is 2. The summed E-state index contributed by atoms with van der Waals surface area (Å²) in [4.78, 5) is 0. The Kier molecular flexibility index (Phi) is 3.65. The van der Waals surface area contributed by atoms with Crippen LogP contribution in [0.1, 0.15) is 39.0 Å². The number of rotatable bonds is 4. The average Bonchev–Trinajstić information content (AvgIpc) is 2.54. The summed E-state index contributed by atoms with van der Waals surface area (Å²) < 4.78 is 26.8. The smallest absolute Gasteiger partial charge is 0.263 e. The Bertz CT molecular complexity index is 153. The number of nitrogens with one attached hydrogen (secondary N) is 1. The van der Waals surface area contributed by atoms with Crippen LogP contribution in [0.3, 0.4) is 0 Å². The molecular weight excluding hydrogens is 172 g/mol. The van der Waals surface area contributed by atoms with Gasteiger partial charge >= 0.3 is 0 Å². The van der Waals surface area contributed by atoms with Gasteiger partial charge in [-0.25, -0.2) is 8.78 Å². The van der Waals surface area contributed by atoms with E-state index in [1.165, 1.54) is 0 Å². The molecule has 0 bridgehead atoms. The summed E-state index contributed by atoms with van der Waals surface area (Å²) in [5.41, 5.74) is 0. The molecule has 0 aromatic carbocycles. The molecule has 1 N–H and O–H groups in total. The lowest BCUT2D eigenvalue weighted by Crippen LogP contribution is -2.41. The molecule has 0 heterocycles. The molecule has 1 atom stereocenters. The van der Waals surface area contributed by atoms with Crippen molar-refractivity contribution < 1.29 is 8.78 Å². The fourth-order valence-corrected chi connectivity index (χ4v) is 1.99. The Morgan fingerprint density at radius 3 is 2.38 bits per heavy atom. The van der Waals surface area contributed by atoms with Crippen LogP contribution in [-0.4, -0.2) is 19.0 Å². The van der Waals surface area contributed by atoms with Crippen LogP contribution in [0.2, 0.25) is 0 Å². The van der Waals surface area contributed by atoms with Gasteiger partial charge in [-0.1, -0.05) is 25.7 Å². The quantitative estimate of drug-likeness (QED) is 0.720. The zero-order valence-electron chi connectivity index (χ0n) is 8.45. The normalized spacial score (nSPS) is 22.2. The minimum absolute atomic E-state index is 0.0645. The molecule has 0 radical (unpaired) electrons. The Morgan fingerprint density at radius 2 is 1.92 bits per heavy atom. The third-order valence-corrected chi connectivity index (χ3v) is 3.10. The number of halogens is 2. The molecule has 0 aromatic heterocycles. The highest BCUT2D eigenvalue weighted by Gasteiger charge is 2.38. The summed E-state index contributed by atoms with van der Waals surface area (Å²) in [6, 6.07) is -0.701. The first-order valence-electron chi connectivity index (χ1n) is 5.11. The van der Waals surface area contributed by atoms with E-state index in [4.69, 9.17) is 0 Å². The maximum Gasteiger partial charge on any atom is 0.263 e. The van der Waals surface area contributed by atoms with Crippen LogP contribution in [0.15, 0.2) is 0 Å². The van der Waals surface area contributed by atoms with E-state index in [9.17, 15) is 8.78 Å². The largest absolute Gasteiger partial charge is 0.312 e. The van der Waals surface area contributed by atoms with Gasteiger partial charge in [0.1, 0.15) is 0 Å². The van der Waals surface area contributed by atoms with Gasteiger partial charge in [0.2, 0.25) is 0 Å². The van der Waals surface area contributed by atoms with Gasteiger partial charge in [0.25, 0.3) is 5.92 Å². The van der Waals surface area contributed by atoms with Crippen LogP contribution < -0.4 is 5.32 Å². The van der Waals surface area contributed by atoms with Crippen LogP contribution in [-0.2, 0) is 0 Å². The van der Waals surface area contributed by atoms with E-state index in [0.717, 1.165) is 25.7 Å². The first-order chi connectivity index (χ1) is 6.06. The first-order valence-corrected chi connectivity index (χ1v) is 5.11. The van der Waals surface area contributed by atoms with Gasteiger partial charge in [-0.3, -0.25) is 0 Å². The second-order valence-electron chi connectivity index (χ2n) is 4.13. The summed E-state index contributed by atoms with van der Waals surface area (Å²) in [6.07, 6.45) is 4.32. The molecule has 3 heteroatoms. The summed E-state index contributed by atoms with van der Waals surface area (Å²) in [5, 5.41) is 2.63. The zero-order valence-corrected chi connectivity index (χ0v) is 8.45. The third-order valence-electron chi connectivity index (χ3n) is 3.10. The van der Waals surface area contributed by atoms with Gasteiger partial charge in [-0.2, -0.15) is 0 Å². The second-order valence-corrected chi connectivity index (χ2v) is 4.13. The van der Waals surface area contributed by atoms with Crippen molar-refractivity contribution in [3.05, 3.63) is 0 Å². The van der Waals surface area contributed by atoms with Crippen LogP contribution in [0.4, 0.5) is 8.78 Å². The van der Waals surface area contributed by atoms with Crippen molar-refractivity contribution in [2.24, 2.45) is 5.92 Å². The molecule has 1 fully saturated rings. The summed E-state index contributed by atoms with van der Waals surface area (Å²) >= 11 is 0. The molecule has 0 saturated heterocycles. The van der Waals surface area contributed by atoms with E-state index in [1.807, 2.05) is 0 Å². The van der Waals surface area contributed by atoms with E-state index < -0.39 is 12.0 Å². The maximum absolute atomic E-state index is 13.4. The second kappa shape index (κ2) is 4.36. The number of hydrogen-bond acceptors (Lipinski definition) is 1. The highest BCUT2D eigenvalue weighted by molar-refractivity contribution is 4.83. The van der Waals surface area contributed by atoms with Crippen LogP contribution in [0.25, 0.3) is 0 Å². The van der Waals surface area contributed by atoms with E-state index in [-0.39, 0.29) is 12.3 Å². The SMILES string of the molecule is CNC(C)C(F)(F)CC1CCCC1. The maximum atomic E-state index is 13.4. The Balaban J connectivity index is 2.40. The van der Waals surface area contributed by atoms with Crippen molar-refractivity contribution in [3.8, 4) is 0 Å². The monoisotopic (exact) mass is 191 g/mol. The molecule has 1 rings (SSSR count). The highest BCUT2D eigenvalue weighted by Crippen LogP contribution is 2.35. The zero-order chi connectivity index (χ0) is 9.90. The third kappa shape index (κ3) is 2.90. The minimum atomic E-state index is -2.54. The van der Waals surface area contributed by atoms with E-state index in [2.05, 4.69) is 5.32 Å². The van der Waals surface area contributed by atoms with Gasteiger partial charge in [-0.15, -0.1) is 0 Å². The summed E-state index contributed by atoms with van der Waals surface area (Å²) in [6.45, 7) is 1.55. The predicted octanol–water partition coefficient (Wildman–Crippen LogP) is 2.81. The van der Waals surface area contributed by atoms with Crippen molar-refractivity contribution in [1.82, 2.24) is 5.32 Å². The van der Waals surface area contributed by atoms with E-state index in [0.29, 0.717) is 0 Å².